The Morgan fingerprint density at radius 1 is 0.894 bits per heavy atom. The highest BCUT2D eigenvalue weighted by Crippen LogP contribution is 2.64. The van der Waals surface area contributed by atoms with Crippen LogP contribution in [0.1, 0.15) is 79.8 Å². The topological polar surface area (TPSA) is 239 Å². The van der Waals surface area contributed by atoms with Crippen LogP contribution in [-0.2, 0) is 38.1 Å². The highest BCUT2D eigenvalue weighted by Gasteiger charge is 2.78. The van der Waals surface area contributed by atoms with Crippen molar-refractivity contribution in [3.8, 4) is 0 Å². The van der Waals surface area contributed by atoms with Crippen molar-refractivity contribution < 1.29 is 67.8 Å². The number of imidazole rings is 1. The van der Waals surface area contributed by atoms with Crippen LogP contribution in [0, 0.1) is 16.7 Å². The van der Waals surface area contributed by atoms with E-state index in [1.54, 1.807) is 92.7 Å². The van der Waals surface area contributed by atoms with Gasteiger partial charge in [-0.15, -0.1) is 0 Å². The first-order valence-electron chi connectivity index (χ1n) is 21.6. The zero-order valence-corrected chi connectivity index (χ0v) is 36.9. The SMILES string of the molecule is CC(=O)O[C@H]1C(=O)[C@@]2(C)C([C@H](OC(=O)c3ccccc3)[C@]3(O)C[C@H](OC(=O)[C@H](O)C(NC(=O)c4ccccc4)c4ccccc4)C(C)=C1C3(C)C)[C@]1(OC(=O)n3ccnc3)CO[C@@H]1C[C@@H]2O. The van der Waals surface area contributed by atoms with Gasteiger partial charge in [0.05, 0.1) is 35.6 Å². The molecule has 2 saturated carbocycles. The number of aliphatic hydroxyl groups is 3. The van der Waals surface area contributed by atoms with Crippen LogP contribution >= 0.6 is 0 Å². The first-order chi connectivity index (χ1) is 31.3. The van der Waals surface area contributed by atoms with Gasteiger partial charge in [-0.2, -0.15) is 0 Å². The average molecular weight is 906 g/mol. The van der Waals surface area contributed by atoms with Crippen LogP contribution in [0.2, 0.25) is 0 Å². The van der Waals surface area contributed by atoms with Crippen LogP contribution < -0.4 is 5.32 Å². The fourth-order valence-electron chi connectivity index (χ4n) is 10.5. The van der Waals surface area contributed by atoms with Gasteiger partial charge >= 0.3 is 24.0 Å². The first-order valence-corrected chi connectivity index (χ1v) is 21.6. The van der Waals surface area contributed by atoms with Crippen molar-refractivity contribution in [3.05, 3.63) is 138 Å². The van der Waals surface area contributed by atoms with E-state index in [0.29, 0.717) is 5.56 Å². The van der Waals surface area contributed by atoms with Gasteiger partial charge in [-0.3, -0.25) is 14.4 Å². The Morgan fingerprint density at radius 3 is 2.09 bits per heavy atom. The summed E-state index contributed by atoms with van der Waals surface area (Å²) >= 11 is 0. The number of ketones is 1. The summed E-state index contributed by atoms with van der Waals surface area (Å²) in [4.78, 5) is 89.1. The summed E-state index contributed by atoms with van der Waals surface area (Å²) in [5.74, 6) is -6.24. The van der Waals surface area contributed by atoms with E-state index >= 15 is 4.79 Å². The molecular formula is C49H51N3O14. The van der Waals surface area contributed by atoms with Gasteiger partial charge in [0.2, 0.25) is 0 Å². The Labute approximate surface area is 379 Å². The van der Waals surface area contributed by atoms with Gasteiger partial charge in [0.1, 0.15) is 30.2 Å². The fraction of sp³-hybridized carbons (Fsp3) is 0.408. The van der Waals surface area contributed by atoms with E-state index < -0.39 is 113 Å². The number of fused-ring (bicyclic) bond motifs is 5. The molecule has 3 aromatic carbocycles. The summed E-state index contributed by atoms with van der Waals surface area (Å²) < 4.78 is 31.8. The monoisotopic (exact) mass is 905 g/mol. The van der Waals surface area contributed by atoms with Crippen molar-refractivity contribution in [1.29, 1.82) is 0 Å². The summed E-state index contributed by atoms with van der Waals surface area (Å²) in [5.41, 5.74) is -7.39. The third-order valence-corrected chi connectivity index (χ3v) is 14.1. The number of hydrogen-bond acceptors (Lipinski definition) is 15. The average Bonchev–Trinajstić information content (AvgIpc) is 3.85. The number of carbonyl (C=O) groups excluding carboxylic acids is 6. The van der Waals surface area contributed by atoms with E-state index in [1.807, 2.05) is 0 Å². The molecule has 4 aromatic rings. The van der Waals surface area contributed by atoms with E-state index in [9.17, 15) is 39.3 Å². The minimum absolute atomic E-state index is 0.0233. The lowest BCUT2D eigenvalue weighted by Gasteiger charge is -2.67. The van der Waals surface area contributed by atoms with Gasteiger partial charge in [-0.25, -0.2) is 23.9 Å². The number of nitrogens with zero attached hydrogens (tertiary/aromatic N) is 2. The number of amides is 1. The Balaban J connectivity index is 1.28. The highest BCUT2D eigenvalue weighted by atomic mass is 16.6. The summed E-state index contributed by atoms with van der Waals surface area (Å²) in [5, 5.41) is 40.6. The number of esters is 3. The Bertz CT molecular complexity index is 2550. The molecule has 4 aliphatic rings. The maximum absolute atomic E-state index is 15.7. The quantitative estimate of drug-likeness (QED) is 0.0998. The number of aliphatic hydroxyl groups excluding tert-OH is 2. The van der Waals surface area contributed by atoms with Crippen molar-refractivity contribution in [2.75, 3.05) is 6.61 Å². The van der Waals surface area contributed by atoms with Crippen LogP contribution in [0.5, 0.6) is 0 Å². The number of hydrogen-bond donors (Lipinski definition) is 4. The lowest BCUT2D eigenvalue weighted by molar-refractivity contribution is -0.341. The molecule has 1 amide bonds. The smallest absolute Gasteiger partial charge is 0.419 e. The van der Waals surface area contributed by atoms with Gasteiger partial charge in [0.25, 0.3) is 5.91 Å². The lowest BCUT2D eigenvalue weighted by Crippen LogP contribution is -2.82. The number of nitrogens with one attached hydrogen (secondary N) is 1. The highest BCUT2D eigenvalue weighted by molar-refractivity contribution is 5.96. The minimum Gasteiger partial charge on any atom is -0.456 e. The number of rotatable bonds is 10. The molecule has 2 heterocycles. The molecule has 8 rings (SSSR count). The molecule has 4 N–H and O–H groups in total. The van der Waals surface area contributed by atoms with E-state index in [-0.39, 0.29) is 35.3 Å². The molecular weight excluding hydrogens is 855 g/mol. The van der Waals surface area contributed by atoms with Crippen LogP contribution in [0.25, 0.3) is 0 Å². The van der Waals surface area contributed by atoms with Gasteiger partial charge in [0.15, 0.2) is 23.6 Å². The number of benzene rings is 3. The molecule has 1 saturated heterocycles. The molecule has 0 spiro atoms. The molecule has 346 valence electrons. The summed E-state index contributed by atoms with van der Waals surface area (Å²) in [6.45, 7) is 6.71. The first kappa shape index (κ1) is 46.0. The van der Waals surface area contributed by atoms with Crippen LogP contribution in [0.15, 0.2) is 121 Å². The minimum atomic E-state index is -2.45. The van der Waals surface area contributed by atoms with Crippen molar-refractivity contribution in [1.82, 2.24) is 14.9 Å². The molecule has 66 heavy (non-hydrogen) atoms. The molecule has 17 nitrogen and oxygen atoms in total. The number of ether oxygens (including phenoxy) is 5. The number of carbonyl (C=O) groups is 6. The molecule has 2 unspecified atom stereocenters. The van der Waals surface area contributed by atoms with Crippen molar-refractivity contribution in [2.24, 2.45) is 16.7 Å². The van der Waals surface area contributed by atoms with Gasteiger partial charge in [0, 0.05) is 43.1 Å². The van der Waals surface area contributed by atoms with Crippen molar-refractivity contribution >= 4 is 35.7 Å². The second-order valence-corrected chi connectivity index (χ2v) is 18.1. The molecule has 3 fully saturated rings. The molecule has 1 aliphatic heterocycles. The molecule has 3 aliphatic carbocycles. The summed E-state index contributed by atoms with van der Waals surface area (Å²) in [7, 11) is 0. The molecule has 17 heteroatoms. The van der Waals surface area contributed by atoms with E-state index in [4.69, 9.17) is 23.7 Å². The summed E-state index contributed by atoms with van der Waals surface area (Å²) in [6, 6.07) is 22.9. The van der Waals surface area contributed by atoms with E-state index in [1.165, 1.54) is 44.7 Å². The lowest BCUT2D eigenvalue weighted by atomic mass is 9.44. The molecule has 0 radical (unpaired) electrons. The van der Waals surface area contributed by atoms with Crippen molar-refractivity contribution in [3.63, 3.8) is 0 Å². The molecule has 1 aromatic heterocycles. The predicted octanol–water partition coefficient (Wildman–Crippen LogP) is 4.05. The number of aromatic nitrogens is 2. The standard InChI is InChI=1S/C49H51N3O14/c1-27-32(64-44(59)37(55)36(29-15-9-6-10-16-29)51-42(57)30-17-11-7-12-18-30)24-49(61)41(65-43(58)31-19-13-8-14-20-31)39-47(5,40(56)38(63-28(2)53)35(27)46(49,3)4)33(54)23-34-48(39,25-62-34)66-45(60)52-22-21-50-26-52/h6-22,26,32-34,36-39,41,54-55,61H,23-25H2,1-5H3,(H,51,57)/t32-,33-,34+,36?,37+,38+,39?,41-,47+,48-,49+/m0/s1. The van der Waals surface area contributed by atoms with Crippen molar-refractivity contribution in [2.45, 2.75) is 101 Å². The third kappa shape index (κ3) is 7.58. The number of Topliss-reactive ketones (excluding diaryl/α,β-unsaturated/α-hetero) is 1. The normalized spacial score (nSPS) is 30.6. The summed E-state index contributed by atoms with van der Waals surface area (Å²) in [6.07, 6.45) is -7.98. The third-order valence-electron chi connectivity index (χ3n) is 14.1. The Kier molecular flexibility index (Phi) is 12.1. The predicted molar refractivity (Wildman–Crippen MR) is 230 cm³/mol. The van der Waals surface area contributed by atoms with Crippen LogP contribution in [0.4, 0.5) is 4.79 Å². The van der Waals surface area contributed by atoms with E-state index in [2.05, 4.69) is 10.3 Å². The maximum atomic E-state index is 15.7. The molecule has 11 atom stereocenters. The van der Waals surface area contributed by atoms with Gasteiger partial charge < -0.3 is 44.3 Å². The molecule has 2 bridgehead atoms. The van der Waals surface area contributed by atoms with E-state index in [0.717, 1.165) is 11.5 Å². The fourth-order valence-corrected chi connectivity index (χ4v) is 10.5. The zero-order chi connectivity index (χ0) is 47.3. The van der Waals surface area contributed by atoms with Gasteiger partial charge in [-0.05, 0) is 54.8 Å². The maximum Gasteiger partial charge on any atom is 0.419 e. The Hall–Kier alpha value is -6.53. The largest absolute Gasteiger partial charge is 0.456 e. The second-order valence-electron chi connectivity index (χ2n) is 18.1. The second kappa shape index (κ2) is 17.4. The van der Waals surface area contributed by atoms with Crippen LogP contribution in [-0.4, -0.2) is 115 Å². The van der Waals surface area contributed by atoms with Crippen LogP contribution in [0.3, 0.4) is 0 Å². The zero-order valence-electron chi connectivity index (χ0n) is 36.9. The van der Waals surface area contributed by atoms with Gasteiger partial charge in [-0.1, -0.05) is 80.6 Å². The Morgan fingerprint density at radius 2 is 1.52 bits per heavy atom.